The summed E-state index contributed by atoms with van der Waals surface area (Å²) in [6.45, 7) is 1.78. The molecular weight excluding hydrogens is 523 g/mol. The molecular formula is C20H16Cl2N6O4S2. The van der Waals surface area contributed by atoms with Crippen LogP contribution in [0.3, 0.4) is 0 Å². The van der Waals surface area contributed by atoms with Gasteiger partial charge in [0.15, 0.2) is 0 Å². The van der Waals surface area contributed by atoms with Crippen molar-refractivity contribution in [3.05, 3.63) is 69.5 Å². The van der Waals surface area contributed by atoms with Gasteiger partial charge in [0.25, 0.3) is 15.9 Å². The lowest BCUT2D eigenvalue weighted by Gasteiger charge is -2.11. The van der Waals surface area contributed by atoms with Crippen LogP contribution in [0.5, 0.6) is 0 Å². The highest BCUT2D eigenvalue weighted by Gasteiger charge is 2.28. The first-order valence-corrected chi connectivity index (χ1v) is 12.6. The number of hydrogen-bond acceptors (Lipinski definition) is 9. The van der Waals surface area contributed by atoms with Gasteiger partial charge in [0, 0.05) is 17.6 Å². The van der Waals surface area contributed by atoms with Crippen LogP contribution in [0.4, 0.5) is 5.13 Å². The summed E-state index contributed by atoms with van der Waals surface area (Å²) >= 11 is 12.6. The molecule has 0 spiro atoms. The summed E-state index contributed by atoms with van der Waals surface area (Å²) in [5, 5.41) is 14.3. The molecule has 0 aliphatic carbocycles. The van der Waals surface area contributed by atoms with Crippen LogP contribution in [0.2, 0.25) is 10.0 Å². The fourth-order valence-electron chi connectivity index (χ4n) is 2.75. The number of halogens is 2. The molecule has 34 heavy (non-hydrogen) atoms. The molecule has 4 rings (SSSR count). The molecule has 0 aliphatic rings. The van der Waals surface area contributed by atoms with E-state index in [1.165, 1.54) is 25.2 Å². The Hall–Kier alpha value is -2.90. The molecule has 14 heteroatoms. The molecule has 2 heterocycles. The molecule has 10 nitrogen and oxygen atoms in total. The van der Waals surface area contributed by atoms with E-state index in [9.17, 15) is 13.2 Å². The number of aryl methyl sites for hydroxylation is 1. The van der Waals surface area contributed by atoms with Gasteiger partial charge in [-0.25, -0.2) is 8.42 Å². The van der Waals surface area contributed by atoms with Gasteiger partial charge in [0.2, 0.25) is 21.2 Å². The summed E-state index contributed by atoms with van der Waals surface area (Å²) < 4.78 is 31.7. The number of aromatic nitrogens is 4. The predicted octanol–water partition coefficient (Wildman–Crippen LogP) is 4.28. The maximum Gasteiger partial charge on any atom is 0.272 e. The maximum atomic E-state index is 12.9. The standard InChI is InChI=1S/C20H16Cl2N6O4S2/c1-11-3-5-12(6-4-11)17-23-16(32-27-17)10-28(2)34(30,31)20-26-25-19(33-20)24-18(29)14-8-7-13(21)9-15(14)22/h3-9H,10H2,1-2H3,(H,24,25,29). The first-order valence-electron chi connectivity index (χ1n) is 9.59. The van der Waals surface area contributed by atoms with Gasteiger partial charge in [-0.15, -0.1) is 10.2 Å². The van der Waals surface area contributed by atoms with Gasteiger partial charge in [-0.2, -0.15) is 9.29 Å². The molecule has 4 aromatic rings. The molecule has 0 saturated heterocycles. The molecule has 0 unspecified atom stereocenters. The van der Waals surface area contributed by atoms with Crippen molar-refractivity contribution in [1.82, 2.24) is 24.6 Å². The van der Waals surface area contributed by atoms with Crippen LogP contribution in [0.25, 0.3) is 11.4 Å². The van der Waals surface area contributed by atoms with Gasteiger partial charge < -0.3 is 4.52 Å². The zero-order chi connectivity index (χ0) is 24.5. The molecule has 2 aromatic carbocycles. The zero-order valence-corrected chi connectivity index (χ0v) is 20.8. The van der Waals surface area contributed by atoms with Crippen LogP contribution < -0.4 is 5.32 Å². The van der Waals surface area contributed by atoms with E-state index < -0.39 is 15.9 Å². The van der Waals surface area contributed by atoms with Crippen LogP contribution in [-0.2, 0) is 16.6 Å². The van der Waals surface area contributed by atoms with E-state index in [-0.39, 0.29) is 32.5 Å². The number of carbonyl (C=O) groups is 1. The fourth-order valence-corrected chi connectivity index (χ4v) is 5.45. The molecule has 1 N–H and O–H groups in total. The van der Waals surface area contributed by atoms with E-state index in [2.05, 4.69) is 25.7 Å². The lowest BCUT2D eigenvalue weighted by molar-refractivity contribution is 0.102. The molecule has 0 fully saturated rings. The number of nitrogens with one attached hydrogen (secondary N) is 1. The number of amides is 1. The molecule has 0 aliphatic heterocycles. The average Bonchev–Trinajstić information content (AvgIpc) is 3.44. The van der Waals surface area contributed by atoms with Gasteiger partial charge in [-0.1, -0.05) is 69.5 Å². The second-order valence-corrected chi connectivity index (χ2v) is 11.1. The summed E-state index contributed by atoms with van der Waals surface area (Å²) in [5.41, 5.74) is 1.99. The Kier molecular flexibility index (Phi) is 6.96. The van der Waals surface area contributed by atoms with E-state index in [0.29, 0.717) is 22.2 Å². The second kappa shape index (κ2) is 9.76. The maximum absolute atomic E-state index is 12.9. The largest absolute Gasteiger partial charge is 0.338 e. The lowest BCUT2D eigenvalue weighted by Crippen LogP contribution is -2.26. The highest BCUT2D eigenvalue weighted by molar-refractivity contribution is 7.91. The topological polar surface area (TPSA) is 131 Å². The number of rotatable bonds is 7. The first-order chi connectivity index (χ1) is 16.1. The van der Waals surface area contributed by atoms with E-state index in [0.717, 1.165) is 15.4 Å². The summed E-state index contributed by atoms with van der Waals surface area (Å²) in [5.74, 6) is -0.121. The minimum atomic E-state index is -4.04. The van der Waals surface area contributed by atoms with Gasteiger partial charge in [0.1, 0.15) is 0 Å². The van der Waals surface area contributed by atoms with Crippen molar-refractivity contribution in [2.24, 2.45) is 0 Å². The quantitative estimate of drug-likeness (QED) is 0.345. The Bertz CT molecular complexity index is 1450. The minimum Gasteiger partial charge on any atom is -0.338 e. The number of sulfonamides is 1. The van der Waals surface area contributed by atoms with Gasteiger partial charge in [-0.3, -0.25) is 10.1 Å². The van der Waals surface area contributed by atoms with E-state index in [4.69, 9.17) is 27.7 Å². The van der Waals surface area contributed by atoms with E-state index in [1.54, 1.807) is 0 Å². The minimum absolute atomic E-state index is 0.0116. The average molecular weight is 539 g/mol. The summed E-state index contributed by atoms with van der Waals surface area (Å²) in [7, 11) is -2.69. The van der Waals surface area contributed by atoms with E-state index >= 15 is 0 Å². The Labute approximate surface area is 208 Å². The Morgan fingerprint density at radius 2 is 1.88 bits per heavy atom. The summed E-state index contributed by atoms with van der Waals surface area (Å²) in [6.07, 6.45) is 0. The highest BCUT2D eigenvalue weighted by Crippen LogP contribution is 2.26. The van der Waals surface area contributed by atoms with Crippen LogP contribution in [0.1, 0.15) is 21.8 Å². The van der Waals surface area contributed by atoms with Crippen LogP contribution >= 0.6 is 34.5 Å². The highest BCUT2D eigenvalue weighted by atomic mass is 35.5. The third-order valence-corrected chi connectivity index (χ3v) is 8.11. The second-order valence-electron chi connectivity index (χ2n) is 7.09. The summed E-state index contributed by atoms with van der Waals surface area (Å²) in [6, 6.07) is 11.9. The number of anilines is 1. The van der Waals surface area contributed by atoms with Gasteiger partial charge in [-0.05, 0) is 25.1 Å². The summed E-state index contributed by atoms with van der Waals surface area (Å²) in [4.78, 5) is 16.7. The normalized spacial score (nSPS) is 11.7. The third kappa shape index (κ3) is 5.26. The number of hydrogen-bond donors (Lipinski definition) is 1. The van der Waals surface area contributed by atoms with Crippen molar-refractivity contribution in [3.8, 4) is 11.4 Å². The zero-order valence-electron chi connectivity index (χ0n) is 17.7. The van der Waals surface area contributed by atoms with Gasteiger partial charge >= 0.3 is 0 Å². The smallest absolute Gasteiger partial charge is 0.272 e. The first kappa shape index (κ1) is 24.2. The molecule has 176 valence electrons. The Morgan fingerprint density at radius 1 is 1.15 bits per heavy atom. The van der Waals surface area contributed by atoms with Crippen molar-refractivity contribution in [3.63, 3.8) is 0 Å². The van der Waals surface area contributed by atoms with Crippen LogP contribution in [-0.4, -0.2) is 46.0 Å². The third-order valence-electron chi connectivity index (χ3n) is 4.57. The molecule has 2 aromatic heterocycles. The lowest BCUT2D eigenvalue weighted by atomic mass is 10.1. The van der Waals surface area contributed by atoms with Crippen molar-refractivity contribution in [1.29, 1.82) is 0 Å². The van der Waals surface area contributed by atoms with Gasteiger partial charge in [0.05, 0.1) is 17.1 Å². The van der Waals surface area contributed by atoms with E-state index in [1.807, 2.05) is 31.2 Å². The molecule has 0 atom stereocenters. The molecule has 0 saturated carbocycles. The van der Waals surface area contributed by atoms with Crippen LogP contribution in [0, 0.1) is 6.92 Å². The Morgan fingerprint density at radius 3 is 2.59 bits per heavy atom. The van der Waals surface area contributed by atoms with Crippen molar-refractivity contribution in [2.45, 2.75) is 17.8 Å². The SMILES string of the molecule is Cc1ccc(-c2noc(CN(C)S(=O)(=O)c3nnc(NC(=O)c4ccc(Cl)cc4Cl)s3)n2)cc1. The predicted molar refractivity (Wildman–Crippen MR) is 127 cm³/mol. The van der Waals surface area contributed by atoms with Crippen LogP contribution in [0.15, 0.2) is 51.3 Å². The number of nitrogens with zero attached hydrogens (tertiary/aromatic N) is 5. The number of carbonyl (C=O) groups excluding carboxylic acids is 1. The molecule has 0 bridgehead atoms. The molecule has 0 radical (unpaired) electrons. The van der Waals surface area contributed by atoms with Crippen molar-refractivity contribution < 1.29 is 17.7 Å². The monoisotopic (exact) mass is 538 g/mol. The fraction of sp³-hybridized carbons (Fsp3) is 0.150. The number of benzene rings is 2. The van der Waals surface area contributed by atoms with Crippen molar-refractivity contribution in [2.75, 3.05) is 12.4 Å². The Balaban J connectivity index is 1.45. The van der Waals surface area contributed by atoms with Crippen molar-refractivity contribution >= 4 is 55.6 Å². The molecule has 1 amide bonds.